The van der Waals surface area contributed by atoms with Crippen LogP contribution in [0.3, 0.4) is 0 Å². The molecule has 19 heavy (non-hydrogen) atoms. The van der Waals surface area contributed by atoms with Crippen molar-refractivity contribution in [2.24, 2.45) is 0 Å². The molecule has 1 heterocycles. The Bertz CT molecular complexity index is 587. The summed E-state index contributed by atoms with van der Waals surface area (Å²) in [6.45, 7) is 6.16. The van der Waals surface area contributed by atoms with Crippen LogP contribution in [-0.2, 0) is 0 Å². The van der Waals surface area contributed by atoms with E-state index in [1.807, 2.05) is 14.0 Å². The average molecular weight is 321 g/mol. The Morgan fingerprint density at radius 3 is 2.16 bits per heavy atom. The maximum Gasteiger partial charge on any atom is 0.138 e. The van der Waals surface area contributed by atoms with Crippen molar-refractivity contribution in [2.45, 2.75) is 20.8 Å². The Kier molecular flexibility index (Phi) is 4.04. The molecule has 0 bridgehead atoms. The molecule has 0 spiro atoms. The molecule has 1 aromatic heterocycles. The van der Waals surface area contributed by atoms with E-state index in [-0.39, 0.29) is 0 Å². The Labute approximate surface area is 121 Å². The van der Waals surface area contributed by atoms with Gasteiger partial charge in [-0.25, -0.2) is 9.97 Å². The molecule has 0 aliphatic rings. The number of anilines is 3. The van der Waals surface area contributed by atoms with Gasteiger partial charge in [-0.15, -0.1) is 0 Å². The number of halogens is 1. The molecule has 0 saturated carbocycles. The van der Waals surface area contributed by atoms with Crippen LogP contribution in [0.15, 0.2) is 22.9 Å². The molecule has 2 N–H and O–H groups in total. The lowest BCUT2D eigenvalue weighted by molar-refractivity contribution is 1.12. The lowest BCUT2D eigenvalue weighted by Crippen LogP contribution is -2.04. The van der Waals surface area contributed by atoms with Gasteiger partial charge in [0.05, 0.1) is 0 Å². The van der Waals surface area contributed by atoms with Gasteiger partial charge in [0.25, 0.3) is 0 Å². The predicted molar refractivity (Wildman–Crippen MR) is 83.2 cm³/mol. The lowest BCUT2D eigenvalue weighted by Gasteiger charge is -2.15. The van der Waals surface area contributed by atoms with Crippen LogP contribution in [0.1, 0.15) is 16.7 Å². The molecule has 0 radical (unpaired) electrons. The minimum absolute atomic E-state index is 0.827. The standard InChI is InChI=1S/C14H17BrN4/c1-8-5-11(15)6-9(2)12(8)19-14-10(3)13(16-4)17-7-18-14/h5-7H,1-4H3,(H2,16,17,18,19). The van der Waals surface area contributed by atoms with Gasteiger partial charge in [0.1, 0.15) is 18.0 Å². The highest BCUT2D eigenvalue weighted by molar-refractivity contribution is 9.10. The number of hydrogen-bond acceptors (Lipinski definition) is 4. The first-order valence-corrected chi connectivity index (χ1v) is 6.85. The third-order valence-corrected chi connectivity index (χ3v) is 3.52. The molecule has 2 aromatic rings. The summed E-state index contributed by atoms with van der Waals surface area (Å²) in [5.41, 5.74) is 4.45. The number of benzene rings is 1. The third-order valence-electron chi connectivity index (χ3n) is 3.06. The normalized spacial score (nSPS) is 10.4. The van der Waals surface area contributed by atoms with Gasteiger partial charge in [-0.2, -0.15) is 0 Å². The van der Waals surface area contributed by atoms with Crippen LogP contribution < -0.4 is 10.6 Å². The van der Waals surface area contributed by atoms with E-state index in [0.717, 1.165) is 27.4 Å². The summed E-state index contributed by atoms with van der Waals surface area (Å²) in [7, 11) is 1.86. The van der Waals surface area contributed by atoms with Gasteiger partial charge >= 0.3 is 0 Å². The summed E-state index contributed by atoms with van der Waals surface area (Å²) >= 11 is 3.51. The van der Waals surface area contributed by atoms with Crippen molar-refractivity contribution in [3.63, 3.8) is 0 Å². The second-order valence-electron chi connectivity index (χ2n) is 4.49. The molecule has 5 heteroatoms. The molecule has 0 fully saturated rings. The van der Waals surface area contributed by atoms with E-state index in [0.29, 0.717) is 0 Å². The average Bonchev–Trinajstić information content (AvgIpc) is 2.35. The number of hydrogen-bond donors (Lipinski definition) is 2. The molecule has 1 aromatic carbocycles. The summed E-state index contributed by atoms with van der Waals surface area (Å²) < 4.78 is 1.09. The number of nitrogens with zero attached hydrogens (tertiary/aromatic N) is 2. The molecule has 100 valence electrons. The molecule has 0 unspecified atom stereocenters. The maximum atomic E-state index is 4.31. The molecule has 0 aliphatic heterocycles. The van der Waals surface area contributed by atoms with Gasteiger partial charge in [-0.05, 0) is 44.0 Å². The van der Waals surface area contributed by atoms with Gasteiger partial charge in [-0.1, -0.05) is 15.9 Å². The van der Waals surface area contributed by atoms with Gasteiger partial charge < -0.3 is 10.6 Å². The SMILES string of the molecule is CNc1ncnc(Nc2c(C)cc(Br)cc2C)c1C. The molecule has 4 nitrogen and oxygen atoms in total. The molecule has 0 aliphatic carbocycles. The molecular formula is C14H17BrN4. The smallest absolute Gasteiger partial charge is 0.138 e. The fourth-order valence-corrected chi connectivity index (χ4v) is 2.74. The van der Waals surface area contributed by atoms with Crippen LogP contribution in [0.2, 0.25) is 0 Å². The third kappa shape index (κ3) is 2.87. The monoisotopic (exact) mass is 320 g/mol. The highest BCUT2D eigenvalue weighted by Crippen LogP contribution is 2.29. The number of aromatic nitrogens is 2. The van der Waals surface area contributed by atoms with E-state index in [1.54, 1.807) is 6.33 Å². The van der Waals surface area contributed by atoms with Crippen LogP contribution >= 0.6 is 15.9 Å². The number of rotatable bonds is 3. The Morgan fingerprint density at radius 1 is 1.00 bits per heavy atom. The topological polar surface area (TPSA) is 49.8 Å². The fraction of sp³-hybridized carbons (Fsp3) is 0.286. The molecule has 2 rings (SSSR count). The maximum absolute atomic E-state index is 4.31. The Hall–Kier alpha value is -1.62. The van der Waals surface area contributed by atoms with Crippen molar-refractivity contribution in [1.29, 1.82) is 0 Å². The first kappa shape index (κ1) is 13.8. The van der Waals surface area contributed by atoms with Crippen molar-refractivity contribution in [2.75, 3.05) is 17.7 Å². The molecule has 0 atom stereocenters. The first-order valence-electron chi connectivity index (χ1n) is 6.06. The molecule has 0 saturated heterocycles. The van der Waals surface area contributed by atoms with Crippen LogP contribution in [0.25, 0.3) is 0 Å². The van der Waals surface area contributed by atoms with Gasteiger partial charge in [0.2, 0.25) is 0 Å². The van der Waals surface area contributed by atoms with Crippen molar-refractivity contribution in [3.05, 3.63) is 39.6 Å². The summed E-state index contributed by atoms with van der Waals surface area (Å²) in [6, 6.07) is 4.18. The van der Waals surface area contributed by atoms with E-state index in [4.69, 9.17) is 0 Å². The highest BCUT2D eigenvalue weighted by Gasteiger charge is 2.09. The minimum atomic E-state index is 0.827. The van der Waals surface area contributed by atoms with Crippen LogP contribution in [0, 0.1) is 20.8 Å². The number of aryl methyl sites for hydroxylation is 2. The summed E-state index contributed by atoms with van der Waals surface area (Å²) in [6.07, 6.45) is 1.56. The second-order valence-corrected chi connectivity index (χ2v) is 5.40. The molecule has 0 amide bonds. The van der Waals surface area contributed by atoms with Crippen LogP contribution in [-0.4, -0.2) is 17.0 Å². The zero-order valence-electron chi connectivity index (χ0n) is 11.5. The van der Waals surface area contributed by atoms with Crippen LogP contribution in [0.5, 0.6) is 0 Å². The summed E-state index contributed by atoms with van der Waals surface area (Å²) in [4.78, 5) is 8.50. The summed E-state index contributed by atoms with van der Waals surface area (Å²) in [5.74, 6) is 1.66. The Balaban J connectivity index is 2.42. The van der Waals surface area contributed by atoms with Crippen molar-refractivity contribution in [3.8, 4) is 0 Å². The zero-order chi connectivity index (χ0) is 14.0. The zero-order valence-corrected chi connectivity index (χ0v) is 13.1. The van der Waals surface area contributed by atoms with Gasteiger partial charge in [0.15, 0.2) is 0 Å². The van der Waals surface area contributed by atoms with E-state index in [2.05, 4.69) is 62.5 Å². The Morgan fingerprint density at radius 2 is 1.58 bits per heavy atom. The van der Waals surface area contributed by atoms with E-state index < -0.39 is 0 Å². The van der Waals surface area contributed by atoms with E-state index >= 15 is 0 Å². The first-order chi connectivity index (χ1) is 9.02. The van der Waals surface area contributed by atoms with Crippen molar-refractivity contribution >= 4 is 33.3 Å². The van der Waals surface area contributed by atoms with Crippen molar-refractivity contribution in [1.82, 2.24) is 9.97 Å². The number of nitrogens with one attached hydrogen (secondary N) is 2. The quantitative estimate of drug-likeness (QED) is 0.899. The fourth-order valence-electron chi connectivity index (χ4n) is 2.05. The summed E-state index contributed by atoms with van der Waals surface area (Å²) in [5, 5.41) is 6.46. The lowest BCUT2D eigenvalue weighted by atomic mass is 10.1. The second kappa shape index (κ2) is 5.57. The van der Waals surface area contributed by atoms with Crippen LogP contribution in [0.4, 0.5) is 17.3 Å². The van der Waals surface area contributed by atoms with Gasteiger partial charge in [-0.3, -0.25) is 0 Å². The predicted octanol–water partition coefficient (Wildman–Crippen LogP) is 3.95. The highest BCUT2D eigenvalue weighted by atomic mass is 79.9. The van der Waals surface area contributed by atoms with Crippen molar-refractivity contribution < 1.29 is 0 Å². The van der Waals surface area contributed by atoms with E-state index in [1.165, 1.54) is 11.1 Å². The van der Waals surface area contributed by atoms with E-state index in [9.17, 15) is 0 Å². The van der Waals surface area contributed by atoms with Gasteiger partial charge in [0, 0.05) is 22.8 Å². The largest absolute Gasteiger partial charge is 0.373 e. The minimum Gasteiger partial charge on any atom is -0.373 e. The molecular weight excluding hydrogens is 304 g/mol.